The quantitative estimate of drug-likeness (QED) is 0.504. The van der Waals surface area contributed by atoms with Gasteiger partial charge in [0.05, 0.1) is 22.0 Å². The topological polar surface area (TPSA) is 84.3 Å². The van der Waals surface area contributed by atoms with Crippen LogP contribution in [-0.4, -0.2) is 41.3 Å². The number of carbonyl (C=O) groups is 1. The molecule has 0 saturated carbocycles. The standard InChI is InChI=1S/C27H34N4O3S/c1-2-16-31-25-13-12-21(35(33,34)30-17-5-6-18-30)19-24(25)28-26(31)14-15-27(32)29-23-11-7-9-20-8-3-4-10-22(20)23/h3-4,8,10,12-13,19,23H,2,5-7,9,11,14-18H2,1H3,(H,29,32). The highest BCUT2D eigenvalue weighted by molar-refractivity contribution is 7.89. The summed E-state index contributed by atoms with van der Waals surface area (Å²) >= 11 is 0. The summed E-state index contributed by atoms with van der Waals surface area (Å²) in [6.07, 6.45) is 6.73. The van der Waals surface area contributed by atoms with Crippen LogP contribution in [0.25, 0.3) is 11.0 Å². The van der Waals surface area contributed by atoms with Crippen molar-refractivity contribution in [2.24, 2.45) is 0 Å². The van der Waals surface area contributed by atoms with E-state index in [-0.39, 0.29) is 11.9 Å². The highest BCUT2D eigenvalue weighted by Crippen LogP contribution is 2.30. The number of amides is 1. The van der Waals surface area contributed by atoms with Crippen molar-refractivity contribution in [1.29, 1.82) is 0 Å². The van der Waals surface area contributed by atoms with Gasteiger partial charge in [0.25, 0.3) is 0 Å². The predicted octanol–water partition coefficient (Wildman–Crippen LogP) is 4.36. The summed E-state index contributed by atoms with van der Waals surface area (Å²) in [4.78, 5) is 18.0. The molecule has 1 N–H and O–H groups in total. The maximum atomic E-state index is 13.0. The summed E-state index contributed by atoms with van der Waals surface area (Å²) < 4.78 is 29.7. The third kappa shape index (κ3) is 4.86. The van der Waals surface area contributed by atoms with Gasteiger partial charge >= 0.3 is 0 Å². The molecule has 3 aromatic rings. The third-order valence-corrected chi connectivity index (χ3v) is 9.12. The van der Waals surface area contributed by atoms with Crippen molar-refractivity contribution < 1.29 is 13.2 Å². The SMILES string of the molecule is CCCn1c(CCC(=O)NC2CCCc3ccccc32)nc2cc(S(=O)(=O)N3CCCC3)ccc21. The average molecular weight is 495 g/mol. The molecular formula is C27H34N4O3S. The highest BCUT2D eigenvalue weighted by Gasteiger charge is 2.28. The highest BCUT2D eigenvalue weighted by atomic mass is 32.2. The summed E-state index contributed by atoms with van der Waals surface area (Å²) in [5.41, 5.74) is 4.16. The first-order valence-electron chi connectivity index (χ1n) is 12.8. The lowest BCUT2D eigenvalue weighted by atomic mass is 9.87. The minimum atomic E-state index is -3.49. The van der Waals surface area contributed by atoms with Crippen LogP contribution in [0.4, 0.5) is 0 Å². The van der Waals surface area contributed by atoms with Gasteiger partial charge in [0.15, 0.2) is 0 Å². The van der Waals surface area contributed by atoms with Crippen LogP contribution in [0.2, 0.25) is 0 Å². The first-order chi connectivity index (χ1) is 17.0. The lowest BCUT2D eigenvalue weighted by molar-refractivity contribution is -0.121. The minimum absolute atomic E-state index is 0.0270. The van der Waals surface area contributed by atoms with Crippen LogP contribution in [0.15, 0.2) is 47.4 Å². The van der Waals surface area contributed by atoms with E-state index in [0.717, 1.165) is 56.4 Å². The predicted molar refractivity (Wildman–Crippen MR) is 137 cm³/mol. The average Bonchev–Trinajstić information content (AvgIpc) is 3.52. The molecule has 1 saturated heterocycles. The molecule has 0 spiro atoms. The van der Waals surface area contributed by atoms with Gasteiger partial charge in [-0.05, 0) is 67.9 Å². The van der Waals surface area contributed by atoms with Gasteiger partial charge in [-0.2, -0.15) is 4.31 Å². The van der Waals surface area contributed by atoms with Gasteiger partial charge < -0.3 is 9.88 Å². The molecule has 7 nitrogen and oxygen atoms in total. The Morgan fingerprint density at radius 2 is 1.91 bits per heavy atom. The van der Waals surface area contributed by atoms with Gasteiger partial charge in [-0.15, -0.1) is 0 Å². The molecule has 1 amide bonds. The fourth-order valence-electron chi connectivity index (χ4n) is 5.46. The Kier molecular flexibility index (Phi) is 6.93. The molecule has 1 aromatic heterocycles. The van der Waals surface area contributed by atoms with Crippen LogP contribution in [-0.2, 0) is 34.2 Å². The summed E-state index contributed by atoms with van der Waals surface area (Å²) in [7, 11) is -3.49. The van der Waals surface area contributed by atoms with E-state index in [1.54, 1.807) is 16.4 Å². The molecular weight excluding hydrogens is 460 g/mol. The molecule has 1 aliphatic heterocycles. The largest absolute Gasteiger partial charge is 0.349 e. The Labute approximate surface area is 207 Å². The second-order valence-corrected chi connectivity index (χ2v) is 11.6. The van der Waals surface area contributed by atoms with Crippen molar-refractivity contribution >= 4 is 27.0 Å². The van der Waals surface area contributed by atoms with Crippen LogP contribution in [0.3, 0.4) is 0 Å². The zero-order valence-corrected chi connectivity index (χ0v) is 21.2. The third-order valence-electron chi connectivity index (χ3n) is 7.23. The second kappa shape index (κ2) is 10.1. The van der Waals surface area contributed by atoms with Crippen LogP contribution >= 0.6 is 0 Å². The van der Waals surface area contributed by atoms with Crippen molar-refractivity contribution in [3.8, 4) is 0 Å². The molecule has 8 heteroatoms. The molecule has 1 fully saturated rings. The van der Waals surface area contributed by atoms with Gasteiger partial charge in [0.2, 0.25) is 15.9 Å². The van der Waals surface area contributed by atoms with Crippen molar-refractivity contribution in [3.05, 3.63) is 59.4 Å². The number of fused-ring (bicyclic) bond motifs is 2. The van der Waals surface area contributed by atoms with E-state index in [9.17, 15) is 13.2 Å². The summed E-state index contributed by atoms with van der Waals surface area (Å²) in [5.74, 6) is 0.857. The fraction of sp³-hybridized carbons (Fsp3) is 0.481. The number of hydrogen-bond acceptors (Lipinski definition) is 4. The Balaban J connectivity index is 1.33. The zero-order valence-electron chi connectivity index (χ0n) is 20.4. The van der Waals surface area contributed by atoms with Crippen molar-refractivity contribution in [3.63, 3.8) is 0 Å². The van der Waals surface area contributed by atoms with Gasteiger partial charge in [0.1, 0.15) is 5.82 Å². The monoisotopic (exact) mass is 494 g/mol. The maximum Gasteiger partial charge on any atom is 0.243 e. The van der Waals surface area contributed by atoms with Crippen molar-refractivity contribution in [1.82, 2.24) is 19.2 Å². The number of nitrogens with zero attached hydrogens (tertiary/aromatic N) is 3. The molecule has 2 aliphatic rings. The van der Waals surface area contributed by atoms with Crippen LogP contribution in [0, 0.1) is 0 Å². The van der Waals surface area contributed by atoms with Crippen molar-refractivity contribution in [2.45, 2.75) is 75.8 Å². The number of hydrogen-bond donors (Lipinski definition) is 1. The molecule has 2 heterocycles. The van der Waals surface area contributed by atoms with E-state index in [2.05, 4.69) is 35.0 Å². The summed E-state index contributed by atoms with van der Waals surface area (Å²) in [5, 5.41) is 3.23. The lowest BCUT2D eigenvalue weighted by Gasteiger charge is -2.26. The van der Waals surface area contributed by atoms with E-state index in [1.165, 1.54) is 11.1 Å². The second-order valence-electron chi connectivity index (χ2n) is 9.65. The molecule has 0 radical (unpaired) electrons. The lowest BCUT2D eigenvalue weighted by Crippen LogP contribution is -2.31. The number of aromatic nitrogens is 2. The first kappa shape index (κ1) is 24.0. The van der Waals surface area contributed by atoms with Crippen LogP contribution in [0.1, 0.15) is 68.4 Å². The number of nitrogens with one attached hydrogen (secondary N) is 1. The minimum Gasteiger partial charge on any atom is -0.349 e. The number of aryl methyl sites for hydroxylation is 3. The molecule has 2 aromatic carbocycles. The molecule has 5 rings (SSSR count). The Bertz CT molecular complexity index is 1330. The van der Waals surface area contributed by atoms with E-state index in [1.807, 2.05) is 12.1 Å². The molecule has 0 bridgehead atoms. The van der Waals surface area contributed by atoms with E-state index < -0.39 is 10.0 Å². The number of sulfonamides is 1. The number of benzene rings is 2. The van der Waals surface area contributed by atoms with E-state index >= 15 is 0 Å². The fourth-order valence-corrected chi connectivity index (χ4v) is 6.99. The van der Waals surface area contributed by atoms with Gasteiger partial charge in [0, 0.05) is 32.5 Å². The number of imidazole rings is 1. The van der Waals surface area contributed by atoms with Gasteiger partial charge in [-0.25, -0.2) is 13.4 Å². The van der Waals surface area contributed by atoms with Crippen LogP contribution in [0.5, 0.6) is 0 Å². The smallest absolute Gasteiger partial charge is 0.243 e. The normalized spacial score (nSPS) is 18.6. The molecule has 1 atom stereocenters. The molecule has 1 aliphatic carbocycles. The summed E-state index contributed by atoms with van der Waals surface area (Å²) in [6.45, 7) is 4.05. The number of carbonyl (C=O) groups excluding carboxylic acids is 1. The van der Waals surface area contributed by atoms with Crippen LogP contribution < -0.4 is 5.32 Å². The maximum absolute atomic E-state index is 13.0. The van der Waals surface area contributed by atoms with E-state index in [4.69, 9.17) is 4.98 Å². The summed E-state index contributed by atoms with van der Waals surface area (Å²) in [6, 6.07) is 13.7. The molecule has 1 unspecified atom stereocenters. The van der Waals surface area contributed by atoms with Crippen molar-refractivity contribution in [2.75, 3.05) is 13.1 Å². The zero-order chi connectivity index (χ0) is 24.4. The Hall–Kier alpha value is -2.71. The van der Waals surface area contributed by atoms with E-state index in [0.29, 0.717) is 36.3 Å². The Morgan fingerprint density at radius 3 is 2.71 bits per heavy atom. The Morgan fingerprint density at radius 1 is 1.11 bits per heavy atom. The molecule has 35 heavy (non-hydrogen) atoms. The molecule has 186 valence electrons. The number of rotatable bonds is 8. The van der Waals surface area contributed by atoms with Gasteiger partial charge in [-0.3, -0.25) is 4.79 Å². The van der Waals surface area contributed by atoms with Gasteiger partial charge in [-0.1, -0.05) is 31.2 Å². The first-order valence-corrected chi connectivity index (χ1v) is 14.3.